The van der Waals surface area contributed by atoms with E-state index >= 15 is 0 Å². The maximum absolute atomic E-state index is 13.5. The highest BCUT2D eigenvalue weighted by atomic mass is 35.5. The fraction of sp³-hybridized carbons (Fsp3) is 0.320. The van der Waals surface area contributed by atoms with Gasteiger partial charge in [-0.25, -0.2) is 9.97 Å². The quantitative estimate of drug-likeness (QED) is 0.287. The maximum Gasteiger partial charge on any atom is 0.433 e. The van der Waals surface area contributed by atoms with Crippen LogP contribution in [0.4, 0.5) is 18.9 Å². The molecule has 2 aromatic heterocycles. The summed E-state index contributed by atoms with van der Waals surface area (Å²) in [5, 5.41) is 4.10. The molecule has 1 saturated carbocycles. The molecular formula is C25H21Cl2F3N4OS. The number of aromatic nitrogens is 2. The molecule has 0 unspecified atom stereocenters. The predicted molar refractivity (Wildman–Crippen MR) is 138 cm³/mol. The second kappa shape index (κ2) is 9.68. The minimum atomic E-state index is -4.56. The van der Waals surface area contributed by atoms with Crippen molar-refractivity contribution >= 4 is 67.3 Å². The summed E-state index contributed by atoms with van der Waals surface area (Å²) in [4.78, 5) is 22.7. The van der Waals surface area contributed by atoms with Crippen molar-refractivity contribution in [3.05, 3.63) is 63.2 Å². The molecule has 36 heavy (non-hydrogen) atoms. The van der Waals surface area contributed by atoms with E-state index in [0.29, 0.717) is 39.0 Å². The molecule has 1 fully saturated rings. The molecule has 1 N–H and O–H groups in total. The lowest BCUT2D eigenvalue weighted by Gasteiger charge is -2.37. The molecular weight excluding hydrogens is 532 g/mol. The molecule has 0 saturated heterocycles. The van der Waals surface area contributed by atoms with Gasteiger partial charge in [-0.2, -0.15) is 13.2 Å². The van der Waals surface area contributed by atoms with Crippen molar-refractivity contribution < 1.29 is 18.0 Å². The number of anilines is 1. The van der Waals surface area contributed by atoms with E-state index in [1.165, 1.54) is 23.5 Å². The Morgan fingerprint density at radius 3 is 2.47 bits per heavy atom. The van der Waals surface area contributed by atoms with Gasteiger partial charge in [-0.3, -0.25) is 4.79 Å². The number of alkyl halides is 3. The SMILES string of the molecule is CN(c1cc(C(F)(F)F)nc2ccc(Cl)cc12)C1CCC(NC(=O)c2ccc3nc(Cl)sc3c2)CC1. The first kappa shape index (κ1) is 25.0. The van der Waals surface area contributed by atoms with Crippen LogP contribution in [0.5, 0.6) is 0 Å². The summed E-state index contributed by atoms with van der Waals surface area (Å²) < 4.78 is 41.8. The summed E-state index contributed by atoms with van der Waals surface area (Å²) in [6.07, 6.45) is -1.69. The van der Waals surface area contributed by atoms with E-state index in [4.69, 9.17) is 23.2 Å². The molecule has 5 rings (SSSR count). The van der Waals surface area contributed by atoms with Crippen LogP contribution in [0.3, 0.4) is 0 Å². The van der Waals surface area contributed by atoms with Crippen LogP contribution in [0.15, 0.2) is 42.5 Å². The highest BCUT2D eigenvalue weighted by Gasteiger charge is 2.35. The molecule has 2 aromatic carbocycles. The van der Waals surface area contributed by atoms with Crippen LogP contribution in [0.1, 0.15) is 41.7 Å². The zero-order valence-corrected chi connectivity index (χ0v) is 21.4. The van der Waals surface area contributed by atoms with Crippen LogP contribution < -0.4 is 10.2 Å². The summed E-state index contributed by atoms with van der Waals surface area (Å²) in [7, 11) is 1.80. The Balaban J connectivity index is 1.29. The molecule has 0 radical (unpaired) electrons. The molecule has 188 valence electrons. The highest BCUT2D eigenvalue weighted by molar-refractivity contribution is 7.22. The Kier molecular flexibility index (Phi) is 6.74. The van der Waals surface area contributed by atoms with Gasteiger partial charge < -0.3 is 10.2 Å². The van der Waals surface area contributed by atoms with Gasteiger partial charge in [-0.15, -0.1) is 11.3 Å². The number of hydrogen-bond donors (Lipinski definition) is 1. The molecule has 4 aromatic rings. The molecule has 2 heterocycles. The lowest BCUT2D eigenvalue weighted by molar-refractivity contribution is -0.140. The van der Waals surface area contributed by atoms with Gasteiger partial charge in [0.15, 0.2) is 4.47 Å². The Morgan fingerprint density at radius 2 is 1.75 bits per heavy atom. The number of thiazole rings is 1. The summed E-state index contributed by atoms with van der Waals surface area (Å²) in [6, 6.07) is 11.1. The van der Waals surface area contributed by atoms with Crippen LogP contribution in [0, 0.1) is 0 Å². The van der Waals surface area contributed by atoms with Gasteiger partial charge in [-0.1, -0.05) is 23.2 Å². The van der Waals surface area contributed by atoms with E-state index in [-0.39, 0.29) is 23.5 Å². The Labute approximate surface area is 219 Å². The molecule has 5 nitrogen and oxygen atoms in total. The highest BCUT2D eigenvalue weighted by Crippen LogP contribution is 2.37. The standard InChI is InChI=1S/C25H21Cl2F3N4OS/c1-34(20-12-22(25(28,29)30)32-18-9-3-14(26)11-17(18)20)16-6-4-15(5-7-16)31-23(35)13-2-8-19-21(10-13)36-24(27)33-19/h2-3,8-12,15-16H,4-7H2,1H3,(H,31,35). The van der Waals surface area contributed by atoms with Crippen LogP contribution in [-0.4, -0.2) is 35.0 Å². The molecule has 1 aliphatic rings. The summed E-state index contributed by atoms with van der Waals surface area (Å²) in [5.74, 6) is -0.164. The summed E-state index contributed by atoms with van der Waals surface area (Å²) in [5.41, 5.74) is 1.06. The monoisotopic (exact) mass is 552 g/mol. The van der Waals surface area contributed by atoms with Gasteiger partial charge in [0.1, 0.15) is 5.69 Å². The smallest absolute Gasteiger partial charge is 0.371 e. The van der Waals surface area contributed by atoms with E-state index in [1.807, 2.05) is 4.90 Å². The fourth-order valence-corrected chi connectivity index (χ4v) is 5.97. The number of carbonyl (C=O) groups is 1. The Bertz CT molecular complexity index is 1450. The van der Waals surface area contributed by atoms with E-state index in [0.717, 1.165) is 29.1 Å². The number of benzene rings is 2. The van der Waals surface area contributed by atoms with Gasteiger partial charge in [0.05, 0.1) is 15.7 Å². The van der Waals surface area contributed by atoms with Crippen molar-refractivity contribution in [1.82, 2.24) is 15.3 Å². The van der Waals surface area contributed by atoms with E-state index in [9.17, 15) is 18.0 Å². The van der Waals surface area contributed by atoms with Crippen molar-refractivity contribution in [2.45, 2.75) is 43.9 Å². The van der Waals surface area contributed by atoms with Gasteiger partial charge >= 0.3 is 6.18 Å². The van der Waals surface area contributed by atoms with Gasteiger partial charge in [0.2, 0.25) is 0 Å². The van der Waals surface area contributed by atoms with Gasteiger partial charge in [-0.05, 0) is 68.1 Å². The number of pyridine rings is 1. The molecule has 1 amide bonds. The van der Waals surface area contributed by atoms with E-state index in [1.54, 1.807) is 31.3 Å². The predicted octanol–water partition coefficient (Wildman–Crippen LogP) is 7.35. The lowest BCUT2D eigenvalue weighted by Crippen LogP contribution is -2.43. The lowest BCUT2D eigenvalue weighted by atomic mass is 9.89. The number of fused-ring (bicyclic) bond motifs is 2. The first-order valence-corrected chi connectivity index (χ1v) is 12.9. The molecule has 0 atom stereocenters. The number of nitrogens with one attached hydrogen (secondary N) is 1. The van der Waals surface area contributed by atoms with Crippen molar-refractivity contribution in [2.24, 2.45) is 0 Å². The van der Waals surface area contributed by atoms with Crippen molar-refractivity contribution in [3.63, 3.8) is 0 Å². The van der Waals surface area contributed by atoms with Crippen LogP contribution >= 0.6 is 34.5 Å². The van der Waals surface area contributed by atoms with E-state index in [2.05, 4.69) is 15.3 Å². The van der Waals surface area contributed by atoms with Crippen LogP contribution in [0.2, 0.25) is 9.49 Å². The zero-order valence-electron chi connectivity index (χ0n) is 19.1. The first-order chi connectivity index (χ1) is 17.1. The Morgan fingerprint density at radius 1 is 1.03 bits per heavy atom. The van der Waals surface area contributed by atoms with Crippen molar-refractivity contribution in [2.75, 3.05) is 11.9 Å². The number of rotatable bonds is 4. The average Bonchev–Trinajstić information content (AvgIpc) is 3.22. The maximum atomic E-state index is 13.5. The number of hydrogen-bond acceptors (Lipinski definition) is 5. The third-order valence-corrected chi connectivity index (χ3v) is 7.98. The number of amides is 1. The number of carbonyl (C=O) groups excluding carboxylic acids is 1. The zero-order chi connectivity index (χ0) is 25.6. The fourth-order valence-electron chi connectivity index (χ4n) is 4.73. The molecule has 1 aliphatic carbocycles. The molecule has 0 bridgehead atoms. The average molecular weight is 553 g/mol. The summed E-state index contributed by atoms with van der Waals surface area (Å²) >= 11 is 13.4. The van der Waals surface area contributed by atoms with E-state index < -0.39 is 11.9 Å². The van der Waals surface area contributed by atoms with Gasteiger partial charge in [0, 0.05) is 40.8 Å². The number of nitrogens with zero attached hydrogens (tertiary/aromatic N) is 3. The minimum absolute atomic E-state index is 0.0134. The second-order valence-electron chi connectivity index (χ2n) is 8.92. The van der Waals surface area contributed by atoms with Crippen LogP contribution in [0.25, 0.3) is 21.1 Å². The second-order valence-corrected chi connectivity index (χ2v) is 11.0. The molecule has 11 heteroatoms. The topological polar surface area (TPSA) is 58.1 Å². The van der Waals surface area contributed by atoms with Crippen molar-refractivity contribution in [3.8, 4) is 0 Å². The number of halogens is 5. The third-order valence-electron chi connectivity index (χ3n) is 6.62. The normalized spacial score (nSPS) is 18.5. The third kappa shape index (κ3) is 5.10. The first-order valence-electron chi connectivity index (χ1n) is 11.4. The molecule has 0 spiro atoms. The largest absolute Gasteiger partial charge is 0.433 e. The minimum Gasteiger partial charge on any atom is -0.371 e. The van der Waals surface area contributed by atoms with Gasteiger partial charge in [0.25, 0.3) is 5.91 Å². The molecule has 0 aliphatic heterocycles. The van der Waals surface area contributed by atoms with Crippen molar-refractivity contribution in [1.29, 1.82) is 0 Å². The van der Waals surface area contributed by atoms with Crippen LogP contribution in [-0.2, 0) is 6.18 Å². The Hall–Kier alpha value is -2.62. The summed E-state index contributed by atoms with van der Waals surface area (Å²) in [6.45, 7) is 0.